The van der Waals surface area contributed by atoms with Gasteiger partial charge in [-0.3, -0.25) is 4.79 Å². The molecule has 0 aromatic rings. The standard InChI is InChI=1S/C12H25NO2/c1-4-6-8-11(12(14)15)13-9-10(3)7-5-2/h10-11,13H,4-9H2,1-3H3,(H,14,15)/t10?,11-/m0/s1. The van der Waals surface area contributed by atoms with Crippen molar-refractivity contribution in [2.24, 2.45) is 5.92 Å². The third-order valence-corrected chi connectivity index (χ3v) is 2.64. The Balaban J connectivity index is 3.79. The van der Waals surface area contributed by atoms with Gasteiger partial charge >= 0.3 is 5.97 Å². The third-order valence-electron chi connectivity index (χ3n) is 2.64. The van der Waals surface area contributed by atoms with Gasteiger partial charge in [-0.25, -0.2) is 0 Å². The van der Waals surface area contributed by atoms with Crippen LogP contribution in [0.1, 0.15) is 52.9 Å². The molecule has 0 spiro atoms. The van der Waals surface area contributed by atoms with Gasteiger partial charge in [0.2, 0.25) is 0 Å². The van der Waals surface area contributed by atoms with Crippen molar-refractivity contribution >= 4 is 5.97 Å². The number of hydrogen-bond donors (Lipinski definition) is 2. The summed E-state index contributed by atoms with van der Waals surface area (Å²) in [5, 5.41) is 12.1. The van der Waals surface area contributed by atoms with Crippen LogP contribution in [0.3, 0.4) is 0 Å². The lowest BCUT2D eigenvalue weighted by Gasteiger charge is -2.17. The molecule has 2 N–H and O–H groups in total. The number of carboxylic acid groups (broad SMARTS) is 1. The number of carbonyl (C=O) groups is 1. The minimum Gasteiger partial charge on any atom is -0.480 e. The van der Waals surface area contributed by atoms with E-state index in [1.54, 1.807) is 0 Å². The van der Waals surface area contributed by atoms with Crippen LogP contribution in [0.2, 0.25) is 0 Å². The Morgan fingerprint density at radius 2 is 1.93 bits per heavy atom. The normalized spacial score (nSPS) is 14.9. The first-order chi connectivity index (χ1) is 7.11. The Bertz CT molecular complexity index is 171. The second kappa shape index (κ2) is 8.72. The number of unbranched alkanes of at least 4 members (excludes halogenated alkanes) is 1. The van der Waals surface area contributed by atoms with Gasteiger partial charge < -0.3 is 10.4 Å². The summed E-state index contributed by atoms with van der Waals surface area (Å²) < 4.78 is 0. The maximum atomic E-state index is 10.9. The topological polar surface area (TPSA) is 49.3 Å². The summed E-state index contributed by atoms with van der Waals surface area (Å²) in [6.07, 6.45) is 5.09. The molecule has 0 saturated carbocycles. The highest BCUT2D eigenvalue weighted by atomic mass is 16.4. The predicted octanol–water partition coefficient (Wildman–Crippen LogP) is 2.66. The molecule has 0 aromatic carbocycles. The molecular weight excluding hydrogens is 190 g/mol. The molecule has 0 aromatic heterocycles. The van der Waals surface area contributed by atoms with Crippen molar-refractivity contribution in [1.29, 1.82) is 0 Å². The molecule has 3 heteroatoms. The van der Waals surface area contributed by atoms with Gasteiger partial charge in [-0.15, -0.1) is 0 Å². The van der Waals surface area contributed by atoms with Gasteiger partial charge in [0.1, 0.15) is 6.04 Å². The molecule has 0 aliphatic heterocycles. The lowest BCUT2D eigenvalue weighted by molar-refractivity contribution is -0.139. The SMILES string of the molecule is CCCC[C@H](NCC(C)CCC)C(=O)O. The van der Waals surface area contributed by atoms with Crippen molar-refractivity contribution in [3.63, 3.8) is 0 Å². The second-order valence-electron chi connectivity index (χ2n) is 4.34. The average molecular weight is 215 g/mol. The fourth-order valence-corrected chi connectivity index (χ4v) is 1.66. The van der Waals surface area contributed by atoms with Crippen LogP contribution in [0.15, 0.2) is 0 Å². The molecule has 2 atom stereocenters. The fraction of sp³-hybridized carbons (Fsp3) is 0.917. The van der Waals surface area contributed by atoms with Crippen LogP contribution in [0.25, 0.3) is 0 Å². The van der Waals surface area contributed by atoms with Crippen LogP contribution >= 0.6 is 0 Å². The highest BCUT2D eigenvalue weighted by molar-refractivity contribution is 5.73. The summed E-state index contributed by atoms with van der Waals surface area (Å²) in [6, 6.07) is -0.357. The summed E-state index contributed by atoms with van der Waals surface area (Å²) in [5.74, 6) is -0.148. The summed E-state index contributed by atoms with van der Waals surface area (Å²) in [5.41, 5.74) is 0. The molecule has 0 saturated heterocycles. The lowest BCUT2D eigenvalue weighted by atomic mass is 10.0. The van der Waals surface area contributed by atoms with Crippen LogP contribution in [-0.4, -0.2) is 23.7 Å². The molecule has 0 rings (SSSR count). The number of carboxylic acids is 1. The third kappa shape index (κ3) is 7.37. The zero-order chi connectivity index (χ0) is 11.7. The zero-order valence-corrected chi connectivity index (χ0v) is 10.3. The first-order valence-electron chi connectivity index (χ1n) is 6.07. The Morgan fingerprint density at radius 1 is 1.27 bits per heavy atom. The first kappa shape index (κ1) is 14.4. The monoisotopic (exact) mass is 215 g/mol. The highest BCUT2D eigenvalue weighted by Gasteiger charge is 2.16. The number of rotatable bonds is 9. The Hall–Kier alpha value is -0.570. The molecule has 0 amide bonds. The molecule has 15 heavy (non-hydrogen) atoms. The first-order valence-corrected chi connectivity index (χ1v) is 6.07. The predicted molar refractivity (Wildman–Crippen MR) is 63.0 cm³/mol. The van der Waals surface area contributed by atoms with Crippen LogP contribution in [0.4, 0.5) is 0 Å². The van der Waals surface area contributed by atoms with E-state index in [2.05, 4.69) is 26.1 Å². The smallest absolute Gasteiger partial charge is 0.320 e. The van der Waals surface area contributed by atoms with E-state index in [1.165, 1.54) is 0 Å². The molecule has 0 radical (unpaired) electrons. The van der Waals surface area contributed by atoms with E-state index in [0.29, 0.717) is 5.92 Å². The van der Waals surface area contributed by atoms with Gasteiger partial charge in [0.05, 0.1) is 0 Å². The molecule has 0 aliphatic carbocycles. The molecule has 0 fully saturated rings. The maximum absolute atomic E-state index is 10.9. The van der Waals surface area contributed by atoms with E-state index in [0.717, 1.165) is 38.6 Å². The van der Waals surface area contributed by atoms with Crippen molar-refractivity contribution in [3.8, 4) is 0 Å². The van der Waals surface area contributed by atoms with Crippen LogP contribution < -0.4 is 5.32 Å². The van der Waals surface area contributed by atoms with E-state index in [1.807, 2.05) is 0 Å². The quantitative estimate of drug-likeness (QED) is 0.621. The number of aliphatic carboxylic acids is 1. The van der Waals surface area contributed by atoms with Crippen molar-refractivity contribution in [2.45, 2.75) is 58.9 Å². The molecule has 0 aliphatic rings. The largest absolute Gasteiger partial charge is 0.480 e. The Morgan fingerprint density at radius 3 is 2.40 bits per heavy atom. The highest BCUT2D eigenvalue weighted by Crippen LogP contribution is 2.06. The molecule has 0 heterocycles. The van der Waals surface area contributed by atoms with Crippen molar-refractivity contribution in [3.05, 3.63) is 0 Å². The van der Waals surface area contributed by atoms with Gasteiger partial charge in [-0.05, 0) is 25.3 Å². The van der Waals surface area contributed by atoms with E-state index < -0.39 is 5.97 Å². The number of hydrogen-bond acceptors (Lipinski definition) is 2. The zero-order valence-electron chi connectivity index (χ0n) is 10.3. The Kier molecular flexibility index (Phi) is 8.38. The maximum Gasteiger partial charge on any atom is 0.320 e. The van der Waals surface area contributed by atoms with Gasteiger partial charge in [-0.2, -0.15) is 0 Å². The minimum absolute atomic E-state index is 0.357. The second-order valence-corrected chi connectivity index (χ2v) is 4.34. The van der Waals surface area contributed by atoms with Crippen molar-refractivity contribution < 1.29 is 9.90 Å². The number of nitrogens with one attached hydrogen (secondary N) is 1. The van der Waals surface area contributed by atoms with Gasteiger partial charge in [0.25, 0.3) is 0 Å². The summed E-state index contributed by atoms with van der Waals surface area (Å²) in [4.78, 5) is 10.9. The Labute approximate surface area is 93.3 Å². The van der Waals surface area contributed by atoms with E-state index in [9.17, 15) is 4.79 Å². The average Bonchev–Trinajstić information content (AvgIpc) is 2.17. The molecule has 1 unspecified atom stereocenters. The van der Waals surface area contributed by atoms with Crippen LogP contribution in [0, 0.1) is 5.92 Å². The van der Waals surface area contributed by atoms with Crippen LogP contribution in [0.5, 0.6) is 0 Å². The fourth-order valence-electron chi connectivity index (χ4n) is 1.66. The van der Waals surface area contributed by atoms with Gasteiger partial charge in [0, 0.05) is 0 Å². The summed E-state index contributed by atoms with van der Waals surface area (Å²) in [6.45, 7) is 7.21. The summed E-state index contributed by atoms with van der Waals surface area (Å²) in [7, 11) is 0. The molecule has 3 nitrogen and oxygen atoms in total. The van der Waals surface area contributed by atoms with E-state index in [4.69, 9.17) is 5.11 Å². The minimum atomic E-state index is -0.716. The van der Waals surface area contributed by atoms with Crippen LogP contribution in [-0.2, 0) is 4.79 Å². The van der Waals surface area contributed by atoms with Crippen molar-refractivity contribution in [1.82, 2.24) is 5.32 Å². The molecule has 90 valence electrons. The van der Waals surface area contributed by atoms with Crippen molar-refractivity contribution in [2.75, 3.05) is 6.54 Å². The van der Waals surface area contributed by atoms with E-state index in [-0.39, 0.29) is 6.04 Å². The van der Waals surface area contributed by atoms with Gasteiger partial charge in [-0.1, -0.05) is 40.0 Å². The lowest BCUT2D eigenvalue weighted by Crippen LogP contribution is -2.39. The molecular formula is C12H25NO2. The summed E-state index contributed by atoms with van der Waals surface area (Å²) >= 11 is 0. The van der Waals surface area contributed by atoms with Gasteiger partial charge in [0.15, 0.2) is 0 Å². The molecule has 0 bridgehead atoms. The van der Waals surface area contributed by atoms with E-state index >= 15 is 0 Å².